The van der Waals surface area contributed by atoms with E-state index < -0.39 is 0 Å². The Morgan fingerprint density at radius 1 is 1.26 bits per heavy atom. The van der Waals surface area contributed by atoms with Gasteiger partial charge in [-0.25, -0.2) is 0 Å². The number of ketones is 1. The number of allylic oxidation sites excluding steroid dienone is 1. The molecule has 0 radical (unpaired) electrons. The standard InChI is InChI=1S/C16H21NO2/c1-17(2)11-13-9-14(16(18)10-13)8-12-4-6-15(19-3)7-5-12/h4-8,13H,9-11H2,1-3H3. The lowest BCUT2D eigenvalue weighted by atomic mass is 10.1. The van der Waals surface area contributed by atoms with Crippen molar-refractivity contribution in [3.05, 3.63) is 35.4 Å². The number of methoxy groups -OCH3 is 1. The topological polar surface area (TPSA) is 29.5 Å². The van der Waals surface area contributed by atoms with E-state index in [0.29, 0.717) is 18.1 Å². The number of nitrogens with zero attached hydrogens (tertiary/aromatic N) is 1. The molecule has 0 aromatic heterocycles. The third kappa shape index (κ3) is 3.67. The minimum Gasteiger partial charge on any atom is -0.497 e. The summed E-state index contributed by atoms with van der Waals surface area (Å²) in [5, 5.41) is 0. The predicted molar refractivity (Wildman–Crippen MR) is 77.3 cm³/mol. The number of carbonyl (C=O) groups excluding carboxylic acids is 1. The molecular formula is C16H21NO2. The first-order valence-corrected chi connectivity index (χ1v) is 6.61. The lowest BCUT2D eigenvalue weighted by Crippen LogP contribution is -2.19. The highest BCUT2D eigenvalue weighted by molar-refractivity contribution is 6.01. The Balaban J connectivity index is 2.08. The molecule has 1 aliphatic rings. The van der Waals surface area contributed by atoms with Crippen molar-refractivity contribution in [2.24, 2.45) is 5.92 Å². The molecule has 2 rings (SSSR count). The molecule has 3 nitrogen and oxygen atoms in total. The summed E-state index contributed by atoms with van der Waals surface area (Å²) in [4.78, 5) is 14.1. The van der Waals surface area contributed by atoms with Gasteiger partial charge >= 0.3 is 0 Å². The van der Waals surface area contributed by atoms with Crippen molar-refractivity contribution < 1.29 is 9.53 Å². The Morgan fingerprint density at radius 3 is 2.53 bits per heavy atom. The summed E-state index contributed by atoms with van der Waals surface area (Å²) >= 11 is 0. The number of carbonyl (C=O) groups is 1. The van der Waals surface area contributed by atoms with E-state index in [1.54, 1.807) is 7.11 Å². The second-order valence-corrected chi connectivity index (χ2v) is 5.40. The largest absolute Gasteiger partial charge is 0.497 e. The summed E-state index contributed by atoms with van der Waals surface area (Å²) in [6.45, 7) is 0.978. The smallest absolute Gasteiger partial charge is 0.159 e. The van der Waals surface area contributed by atoms with Gasteiger partial charge in [0.2, 0.25) is 0 Å². The van der Waals surface area contributed by atoms with Crippen LogP contribution in [0.1, 0.15) is 18.4 Å². The summed E-state index contributed by atoms with van der Waals surface area (Å²) < 4.78 is 5.13. The molecule has 19 heavy (non-hydrogen) atoms. The average Bonchev–Trinajstić information content (AvgIpc) is 2.69. The number of hydrogen-bond donors (Lipinski definition) is 0. The van der Waals surface area contributed by atoms with Gasteiger partial charge in [0.1, 0.15) is 5.75 Å². The Hall–Kier alpha value is -1.61. The number of hydrogen-bond acceptors (Lipinski definition) is 3. The Labute approximate surface area is 114 Å². The molecule has 1 atom stereocenters. The van der Waals surface area contributed by atoms with E-state index in [1.165, 1.54) is 0 Å². The fourth-order valence-electron chi connectivity index (χ4n) is 2.58. The van der Waals surface area contributed by atoms with Crippen LogP contribution in [0.15, 0.2) is 29.8 Å². The molecule has 1 saturated carbocycles. The number of Topliss-reactive ketones (excluding diaryl/α,β-unsaturated/α-hetero) is 1. The van der Waals surface area contributed by atoms with Crippen LogP contribution < -0.4 is 4.74 Å². The first-order chi connectivity index (χ1) is 9.08. The van der Waals surface area contributed by atoms with Gasteiger partial charge < -0.3 is 9.64 Å². The summed E-state index contributed by atoms with van der Waals surface area (Å²) in [7, 11) is 5.76. The van der Waals surface area contributed by atoms with Crippen LogP contribution in [0.3, 0.4) is 0 Å². The highest BCUT2D eigenvalue weighted by Gasteiger charge is 2.27. The van der Waals surface area contributed by atoms with Gasteiger partial charge in [0.25, 0.3) is 0 Å². The molecule has 102 valence electrons. The fourth-order valence-corrected chi connectivity index (χ4v) is 2.58. The van der Waals surface area contributed by atoms with Gasteiger partial charge in [-0.05, 0) is 55.8 Å². The highest BCUT2D eigenvalue weighted by Crippen LogP contribution is 2.29. The van der Waals surface area contributed by atoms with Crippen molar-refractivity contribution in [1.29, 1.82) is 0 Å². The molecule has 0 N–H and O–H groups in total. The second kappa shape index (κ2) is 6.02. The molecule has 0 bridgehead atoms. The third-order valence-corrected chi connectivity index (χ3v) is 3.42. The molecule has 3 heteroatoms. The molecule has 0 aliphatic heterocycles. The molecule has 0 amide bonds. The zero-order chi connectivity index (χ0) is 13.8. The molecule has 1 aromatic carbocycles. The van der Waals surface area contributed by atoms with Crippen LogP contribution in [0, 0.1) is 5.92 Å². The van der Waals surface area contributed by atoms with Crippen LogP contribution in [-0.2, 0) is 4.79 Å². The number of benzene rings is 1. The first-order valence-electron chi connectivity index (χ1n) is 6.61. The van der Waals surface area contributed by atoms with Gasteiger partial charge in [0.15, 0.2) is 5.78 Å². The first kappa shape index (κ1) is 13.8. The van der Waals surface area contributed by atoms with Gasteiger partial charge in [-0.15, -0.1) is 0 Å². The maximum Gasteiger partial charge on any atom is 0.159 e. The Kier molecular flexibility index (Phi) is 4.38. The maximum atomic E-state index is 12.0. The molecule has 0 saturated heterocycles. The molecule has 1 aliphatic carbocycles. The van der Waals surface area contributed by atoms with Crippen LogP contribution in [-0.4, -0.2) is 38.4 Å². The highest BCUT2D eigenvalue weighted by atomic mass is 16.5. The summed E-state index contributed by atoms with van der Waals surface area (Å²) in [5.41, 5.74) is 2.02. The normalized spacial score (nSPS) is 21.4. The van der Waals surface area contributed by atoms with Crippen LogP contribution in [0.4, 0.5) is 0 Å². The molecule has 1 fully saturated rings. The van der Waals surface area contributed by atoms with Crippen LogP contribution in [0.5, 0.6) is 5.75 Å². The van der Waals surface area contributed by atoms with E-state index in [4.69, 9.17) is 4.74 Å². The van der Waals surface area contributed by atoms with Crippen molar-refractivity contribution in [3.63, 3.8) is 0 Å². The zero-order valence-electron chi connectivity index (χ0n) is 11.8. The lowest BCUT2D eigenvalue weighted by Gasteiger charge is -2.13. The second-order valence-electron chi connectivity index (χ2n) is 5.40. The van der Waals surface area contributed by atoms with Gasteiger partial charge in [-0.1, -0.05) is 12.1 Å². The average molecular weight is 259 g/mol. The van der Waals surface area contributed by atoms with E-state index in [0.717, 1.165) is 29.9 Å². The van der Waals surface area contributed by atoms with E-state index >= 15 is 0 Å². The van der Waals surface area contributed by atoms with E-state index in [9.17, 15) is 4.79 Å². The maximum absolute atomic E-state index is 12.0. The zero-order valence-corrected chi connectivity index (χ0v) is 11.8. The monoisotopic (exact) mass is 259 g/mol. The van der Waals surface area contributed by atoms with Crippen molar-refractivity contribution in [2.75, 3.05) is 27.7 Å². The lowest BCUT2D eigenvalue weighted by molar-refractivity contribution is -0.114. The Bertz CT molecular complexity index is 474. The summed E-state index contributed by atoms with van der Waals surface area (Å²) in [5.74, 6) is 1.60. The molecule has 0 heterocycles. The van der Waals surface area contributed by atoms with Crippen molar-refractivity contribution >= 4 is 11.9 Å². The minimum absolute atomic E-state index is 0.294. The van der Waals surface area contributed by atoms with Crippen molar-refractivity contribution in [3.8, 4) is 5.75 Å². The number of rotatable bonds is 4. The molecule has 1 unspecified atom stereocenters. The molecule has 1 aromatic rings. The van der Waals surface area contributed by atoms with Gasteiger partial charge in [-0.2, -0.15) is 0 Å². The van der Waals surface area contributed by atoms with E-state index in [1.807, 2.05) is 30.3 Å². The predicted octanol–water partition coefficient (Wildman–Crippen LogP) is 2.62. The van der Waals surface area contributed by atoms with E-state index in [-0.39, 0.29) is 0 Å². The van der Waals surface area contributed by atoms with Gasteiger partial charge in [0, 0.05) is 13.0 Å². The van der Waals surface area contributed by atoms with Crippen LogP contribution in [0.2, 0.25) is 0 Å². The quantitative estimate of drug-likeness (QED) is 0.778. The minimum atomic E-state index is 0.294. The summed E-state index contributed by atoms with van der Waals surface area (Å²) in [6.07, 6.45) is 3.58. The Morgan fingerprint density at radius 2 is 1.95 bits per heavy atom. The van der Waals surface area contributed by atoms with Gasteiger partial charge in [-0.3, -0.25) is 4.79 Å². The van der Waals surface area contributed by atoms with Crippen molar-refractivity contribution in [1.82, 2.24) is 4.90 Å². The van der Waals surface area contributed by atoms with E-state index in [2.05, 4.69) is 19.0 Å². The van der Waals surface area contributed by atoms with Gasteiger partial charge in [0.05, 0.1) is 7.11 Å². The van der Waals surface area contributed by atoms with Crippen LogP contribution in [0.25, 0.3) is 6.08 Å². The SMILES string of the molecule is COc1ccc(C=C2CC(CN(C)C)CC2=O)cc1. The molecule has 0 spiro atoms. The van der Waals surface area contributed by atoms with Crippen molar-refractivity contribution in [2.45, 2.75) is 12.8 Å². The third-order valence-electron chi connectivity index (χ3n) is 3.42. The fraction of sp³-hybridized carbons (Fsp3) is 0.438. The summed E-state index contributed by atoms with van der Waals surface area (Å²) in [6, 6.07) is 7.81. The van der Waals surface area contributed by atoms with Crippen LogP contribution >= 0.6 is 0 Å². The molecular weight excluding hydrogens is 238 g/mol. The number of ether oxygens (including phenoxy) is 1.